The third-order valence-corrected chi connectivity index (χ3v) is 4.95. The lowest BCUT2D eigenvalue weighted by molar-refractivity contribution is 0.272. The van der Waals surface area contributed by atoms with Gasteiger partial charge in [0.15, 0.2) is 0 Å². The summed E-state index contributed by atoms with van der Waals surface area (Å²) in [5.41, 5.74) is 1.31. The number of nitrogens with zero attached hydrogens (tertiary/aromatic N) is 5. The Morgan fingerprint density at radius 1 is 1.14 bits per heavy atom. The van der Waals surface area contributed by atoms with E-state index in [0.29, 0.717) is 6.67 Å². The molecule has 0 amide bonds. The monoisotopic (exact) mass is 297 g/mol. The van der Waals surface area contributed by atoms with Crippen molar-refractivity contribution in [1.82, 2.24) is 14.8 Å². The van der Waals surface area contributed by atoms with Crippen LogP contribution in [0.5, 0.6) is 0 Å². The molecule has 2 atom stereocenters. The Bertz CT molecular complexity index is 565. The molecule has 2 fully saturated rings. The smallest absolute Gasteiger partial charge is 0.134 e. The minimum atomic E-state index is 0.659. The van der Waals surface area contributed by atoms with Crippen molar-refractivity contribution in [2.75, 3.05) is 44.8 Å². The van der Waals surface area contributed by atoms with Crippen LogP contribution in [0.25, 0.3) is 0 Å². The summed E-state index contributed by atoms with van der Waals surface area (Å²) in [5, 5.41) is 0. The maximum Gasteiger partial charge on any atom is 0.134 e. The second-order valence-corrected chi connectivity index (χ2v) is 6.74. The predicted octanol–water partition coefficient (Wildman–Crippen LogP) is 1.44. The van der Waals surface area contributed by atoms with Crippen molar-refractivity contribution in [2.45, 2.75) is 6.54 Å². The summed E-state index contributed by atoms with van der Waals surface area (Å²) >= 11 is 0. The molecule has 0 bridgehead atoms. The molecule has 0 saturated carbocycles. The van der Waals surface area contributed by atoms with Crippen molar-refractivity contribution in [3.63, 3.8) is 0 Å². The number of likely N-dealkylation sites (tertiary alicyclic amines) is 2. The van der Waals surface area contributed by atoms with Crippen molar-refractivity contribution in [3.8, 4) is 0 Å². The van der Waals surface area contributed by atoms with E-state index >= 15 is 0 Å². The topological polar surface area (TPSA) is 35.0 Å². The van der Waals surface area contributed by atoms with Crippen LogP contribution in [0, 0.1) is 11.8 Å². The second-order valence-electron chi connectivity index (χ2n) is 6.74. The van der Waals surface area contributed by atoms with E-state index in [0.717, 1.165) is 24.2 Å². The zero-order valence-electron chi connectivity index (χ0n) is 13.1. The number of aromatic nitrogens is 1. The average Bonchev–Trinajstić information content (AvgIpc) is 3.05. The Morgan fingerprint density at radius 2 is 1.95 bits per heavy atom. The molecular weight excluding hydrogens is 274 g/mol. The predicted molar refractivity (Wildman–Crippen MR) is 89.0 cm³/mol. The molecule has 22 heavy (non-hydrogen) atoms. The molecule has 1 aromatic rings. The van der Waals surface area contributed by atoms with Crippen LogP contribution in [-0.2, 0) is 6.54 Å². The molecule has 3 aliphatic rings. The van der Waals surface area contributed by atoms with E-state index in [2.05, 4.69) is 43.9 Å². The molecule has 0 spiro atoms. The van der Waals surface area contributed by atoms with E-state index in [-0.39, 0.29) is 0 Å². The summed E-state index contributed by atoms with van der Waals surface area (Å²) in [4.78, 5) is 15.9. The van der Waals surface area contributed by atoms with Crippen molar-refractivity contribution in [2.24, 2.45) is 16.8 Å². The molecule has 2 unspecified atom stereocenters. The molecule has 0 aromatic carbocycles. The van der Waals surface area contributed by atoms with Crippen LogP contribution >= 0.6 is 0 Å². The van der Waals surface area contributed by atoms with Gasteiger partial charge >= 0.3 is 0 Å². The highest BCUT2D eigenvalue weighted by molar-refractivity contribution is 5.73. The molecule has 5 nitrogen and oxygen atoms in total. The molecule has 3 aliphatic heterocycles. The largest absolute Gasteiger partial charge is 0.313 e. The minimum absolute atomic E-state index is 0.659. The maximum absolute atomic E-state index is 4.59. The number of pyridine rings is 1. The van der Waals surface area contributed by atoms with Crippen LogP contribution in [-0.4, -0.2) is 60.9 Å². The second kappa shape index (κ2) is 5.82. The van der Waals surface area contributed by atoms with Crippen molar-refractivity contribution in [3.05, 3.63) is 36.2 Å². The minimum Gasteiger partial charge on any atom is -0.313 e. The number of hydrogen-bond donors (Lipinski definition) is 0. The molecule has 5 heteroatoms. The third-order valence-electron chi connectivity index (χ3n) is 4.95. The van der Waals surface area contributed by atoms with Gasteiger partial charge in [-0.3, -0.25) is 9.89 Å². The number of rotatable bonds is 3. The lowest BCUT2D eigenvalue weighted by Gasteiger charge is -2.21. The zero-order valence-corrected chi connectivity index (χ0v) is 13.1. The summed E-state index contributed by atoms with van der Waals surface area (Å²) in [5.74, 6) is 2.71. The van der Waals surface area contributed by atoms with E-state index in [4.69, 9.17) is 0 Å². The first-order valence-electron chi connectivity index (χ1n) is 8.07. The standard InChI is InChI=1S/C17H23N5/c1-20-9-15-11-21(12-16(15)10-20)8-14-3-4-17(19-7-14)22-6-2-5-18-13-22/h2-7,15-16H,8-13H2,1H3. The van der Waals surface area contributed by atoms with Crippen molar-refractivity contribution >= 4 is 12.0 Å². The van der Waals surface area contributed by atoms with Crippen LogP contribution < -0.4 is 4.90 Å². The van der Waals surface area contributed by atoms with Crippen molar-refractivity contribution < 1.29 is 0 Å². The first-order valence-corrected chi connectivity index (χ1v) is 8.07. The van der Waals surface area contributed by atoms with E-state index in [1.165, 1.54) is 31.7 Å². The van der Waals surface area contributed by atoms with Gasteiger partial charge in [-0.2, -0.15) is 0 Å². The molecular formula is C17H23N5. The molecule has 116 valence electrons. The van der Waals surface area contributed by atoms with Crippen LogP contribution in [0.4, 0.5) is 5.82 Å². The Labute approximate surface area is 131 Å². The number of fused-ring (bicyclic) bond motifs is 1. The summed E-state index contributed by atoms with van der Waals surface area (Å²) in [7, 11) is 2.24. The highest BCUT2D eigenvalue weighted by Gasteiger charge is 2.38. The fraction of sp³-hybridized carbons (Fsp3) is 0.529. The van der Waals surface area contributed by atoms with E-state index < -0.39 is 0 Å². The summed E-state index contributed by atoms with van der Waals surface area (Å²) in [6.45, 7) is 6.69. The fourth-order valence-electron chi connectivity index (χ4n) is 3.93. The highest BCUT2D eigenvalue weighted by atomic mass is 15.2. The number of anilines is 1. The van der Waals surface area contributed by atoms with E-state index in [9.17, 15) is 0 Å². The van der Waals surface area contributed by atoms with Gasteiger partial charge < -0.3 is 9.80 Å². The average molecular weight is 297 g/mol. The zero-order chi connectivity index (χ0) is 14.9. The SMILES string of the molecule is CN1CC2CN(Cc3ccc(N4C=CC=NC4)nc3)CC2C1. The lowest BCUT2D eigenvalue weighted by atomic mass is 10.0. The van der Waals surface area contributed by atoms with Crippen molar-refractivity contribution in [1.29, 1.82) is 0 Å². The normalized spacial score (nSPS) is 28.5. The van der Waals surface area contributed by atoms with Gasteiger partial charge in [0, 0.05) is 51.3 Å². The van der Waals surface area contributed by atoms with Gasteiger partial charge in [0.25, 0.3) is 0 Å². The molecule has 0 radical (unpaired) electrons. The molecule has 0 N–H and O–H groups in total. The molecule has 1 aromatic heterocycles. The Hall–Kier alpha value is -1.72. The third kappa shape index (κ3) is 2.78. The van der Waals surface area contributed by atoms with E-state index in [1.807, 2.05) is 24.7 Å². The molecule has 0 aliphatic carbocycles. The van der Waals surface area contributed by atoms with E-state index in [1.54, 1.807) is 0 Å². The Balaban J connectivity index is 1.36. The molecule has 4 rings (SSSR count). The van der Waals surface area contributed by atoms with Gasteiger partial charge in [-0.15, -0.1) is 0 Å². The summed E-state index contributed by atoms with van der Waals surface area (Å²) in [6, 6.07) is 4.31. The van der Waals surface area contributed by atoms with Crippen LogP contribution in [0.3, 0.4) is 0 Å². The summed E-state index contributed by atoms with van der Waals surface area (Å²) < 4.78 is 0. The number of hydrogen-bond acceptors (Lipinski definition) is 5. The quantitative estimate of drug-likeness (QED) is 0.845. The Kier molecular flexibility index (Phi) is 3.68. The molecule has 2 saturated heterocycles. The lowest BCUT2D eigenvalue weighted by Crippen LogP contribution is -2.26. The number of allylic oxidation sites excluding steroid dienone is 1. The Morgan fingerprint density at radius 3 is 2.59 bits per heavy atom. The van der Waals surface area contributed by atoms with Gasteiger partial charge in [-0.1, -0.05) is 6.07 Å². The maximum atomic E-state index is 4.59. The highest BCUT2D eigenvalue weighted by Crippen LogP contribution is 2.31. The van der Waals surface area contributed by atoms with Gasteiger partial charge in [0.2, 0.25) is 0 Å². The van der Waals surface area contributed by atoms with Crippen LogP contribution in [0.15, 0.2) is 35.6 Å². The first-order chi connectivity index (χ1) is 10.8. The first kappa shape index (κ1) is 13.9. The van der Waals surface area contributed by atoms with Gasteiger partial charge in [-0.25, -0.2) is 4.98 Å². The molecule has 4 heterocycles. The fourth-order valence-corrected chi connectivity index (χ4v) is 3.93. The van der Waals surface area contributed by atoms with Crippen LogP contribution in [0.1, 0.15) is 5.56 Å². The number of aliphatic imine (C=N–C) groups is 1. The summed E-state index contributed by atoms with van der Waals surface area (Å²) in [6.07, 6.45) is 7.81. The van der Waals surface area contributed by atoms with Gasteiger partial charge in [-0.05, 0) is 36.6 Å². The van der Waals surface area contributed by atoms with Gasteiger partial charge in [0.05, 0.1) is 0 Å². The van der Waals surface area contributed by atoms with Crippen LogP contribution in [0.2, 0.25) is 0 Å². The van der Waals surface area contributed by atoms with Gasteiger partial charge in [0.1, 0.15) is 12.5 Å².